The molecule has 0 aliphatic rings. The highest BCUT2D eigenvalue weighted by atomic mass is 32.1. The van der Waals surface area contributed by atoms with Crippen LogP contribution in [-0.2, 0) is 0 Å². The van der Waals surface area contributed by atoms with E-state index in [1.54, 1.807) is 18.2 Å². The molecule has 6 heteroatoms. The fraction of sp³-hybridized carbons (Fsp3) is 0.143. The number of thiophene rings is 1. The van der Waals surface area contributed by atoms with E-state index in [2.05, 4.69) is 9.97 Å². The third-order valence-corrected chi connectivity index (χ3v) is 3.46. The predicted molar refractivity (Wildman–Crippen MR) is 74.8 cm³/mol. The molecular formula is C14H11FN2O2S. The van der Waals surface area contributed by atoms with Gasteiger partial charge in [-0.2, -0.15) is 0 Å². The van der Waals surface area contributed by atoms with E-state index in [1.165, 1.54) is 23.7 Å². The quantitative estimate of drug-likeness (QED) is 0.676. The summed E-state index contributed by atoms with van der Waals surface area (Å²) in [6, 6.07) is 8.19. The lowest BCUT2D eigenvalue weighted by atomic mass is 10.3. The van der Waals surface area contributed by atoms with Crippen molar-refractivity contribution in [2.24, 2.45) is 0 Å². The average Bonchev–Trinajstić information content (AvgIpc) is 2.94. The summed E-state index contributed by atoms with van der Waals surface area (Å²) in [7, 11) is 0. The molecule has 3 aromatic rings. The minimum absolute atomic E-state index is 0.222. The zero-order valence-corrected chi connectivity index (χ0v) is 11.3. The van der Waals surface area contributed by atoms with Crippen LogP contribution in [0.15, 0.2) is 42.0 Å². The van der Waals surface area contributed by atoms with Gasteiger partial charge in [0.25, 0.3) is 0 Å². The standard InChI is InChI=1S/C14H11FN2O2S/c15-11-3-1-2-4-12(11)18-6-7-19-13-10-5-8-20-14(10)17-9-16-13/h1-5,8-9H,6-7H2. The van der Waals surface area contributed by atoms with Crippen LogP contribution < -0.4 is 9.47 Å². The number of hydrogen-bond acceptors (Lipinski definition) is 5. The van der Waals surface area contributed by atoms with Crippen molar-refractivity contribution in [1.29, 1.82) is 0 Å². The summed E-state index contributed by atoms with van der Waals surface area (Å²) in [5.41, 5.74) is 0. The summed E-state index contributed by atoms with van der Waals surface area (Å²) < 4.78 is 24.2. The van der Waals surface area contributed by atoms with Crippen molar-refractivity contribution in [2.45, 2.75) is 0 Å². The Morgan fingerprint density at radius 3 is 2.80 bits per heavy atom. The van der Waals surface area contributed by atoms with Gasteiger partial charge in [0.2, 0.25) is 5.88 Å². The number of benzene rings is 1. The van der Waals surface area contributed by atoms with Gasteiger partial charge in [-0.3, -0.25) is 0 Å². The van der Waals surface area contributed by atoms with Crippen LogP contribution in [0.2, 0.25) is 0 Å². The van der Waals surface area contributed by atoms with Crippen LogP contribution in [0.5, 0.6) is 11.6 Å². The van der Waals surface area contributed by atoms with Gasteiger partial charge in [0.1, 0.15) is 24.4 Å². The summed E-state index contributed by atoms with van der Waals surface area (Å²) in [5, 5.41) is 2.81. The topological polar surface area (TPSA) is 44.2 Å². The van der Waals surface area contributed by atoms with Gasteiger partial charge in [0.05, 0.1) is 5.39 Å². The molecule has 0 aliphatic carbocycles. The van der Waals surface area contributed by atoms with Crippen LogP contribution in [0.3, 0.4) is 0 Å². The normalized spacial score (nSPS) is 10.7. The molecule has 0 amide bonds. The molecule has 0 N–H and O–H groups in total. The third-order valence-electron chi connectivity index (χ3n) is 2.64. The summed E-state index contributed by atoms with van der Waals surface area (Å²) in [6.07, 6.45) is 1.46. The lowest BCUT2D eigenvalue weighted by Gasteiger charge is -2.08. The van der Waals surface area contributed by atoms with E-state index in [0.717, 1.165) is 10.2 Å². The molecule has 0 saturated heterocycles. The van der Waals surface area contributed by atoms with E-state index in [9.17, 15) is 4.39 Å². The Kier molecular flexibility index (Phi) is 3.73. The fourth-order valence-corrected chi connectivity index (χ4v) is 2.46. The molecule has 3 rings (SSSR count). The van der Waals surface area contributed by atoms with Crippen molar-refractivity contribution < 1.29 is 13.9 Å². The molecule has 0 spiro atoms. The maximum Gasteiger partial charge on any atom is 0.225 e. The summed E-state index contributed by atoms with van der Waals surface area (Å²) >= 11 is 1.53. The molecule has 0 saturated carbocycles. The predicted octanol–water partition coefficient (Wildman–Crippen LogP) is 3.29. The number of aromatic nitrogens is 2. The van der Waals surface area contributed by atoms with Crippen LogP contribution in [-0.4, -0.2) is 23.2 Å². The van der Waals surface area contributed by atoms with Gasteiger partial charge < -0.3 is 9.47 Å². The molecular weight excluding hydrogens is 279 g/mol. The van der Waals surface area contributed by atoms with Crippen molar-refractivity contribution in [1.82, 2.24) is 9.97 Å². The van der Waals surface area contributed by atoms with Crippen LogP contribution >= 0.6 is 11.3 Å². The van der Waals surface area contributed by atoms with Crippen molar-refractivity contribution in [3.63, 3.8) is 0 Å². The Morgan fingerprint density at radius 1 is 1.05 bits per heavy atom. The summed E-state index contributed by atoms with van der Waals surface area (Å²) in [6.45, 7) is 0.535. The molecule has 0 bridgehead atoms. The molecule has 0 atom stereocenters. The van der Waals surface area contributed by atoms with Crippen molar-refractivity contribution in [2.75, 3.05) is 13.2 Å². The molecule has 2 heterocycles. The Hall–Kier alpha value is -2.21. The first kappa shape index (κ1) is 12.8. The van der Waals surface area contributed by atoms with E-state index in [-0.39, 0.29) is 24.8 Å². The molecule has 0 aliphatic heterocycles. The van der Waals surface area contributed by atoms with Crippen molar-refractivity contribution >= 4 is 21.6 Å². The smallest absolute Gasteiger partial charge is 0.225 e. The summed E-state index contributed by atoms with van der Waals surface area (Å²) in [4.78, 5) is 9.10. The largest absolute Gasteiger partial charge is 0.487 e. The van der Waals surface area contributed by atoms with Gasteiger partial charge >= 0.3 is 0 Å². The molecule has 102 valence electrons. The maximum atomic E-state index is 13.3. The lowest BCUT2D eigenvalue weighted by molar-refractivity contribution is 0.208. The number of ether oxygens (including phenoxy) is 2. The molecule has 2 aromatic heterocycles. The lowest BCUT2D eigenvalue weighted by Crippen LogP contribution is -2.10. The molecule has 0 radical (unpaired) electrons. The van der Waals surface area contributed by atoms with E-state index < -0.39 is 0 Å². The maximum absolute atomic E-state index is 13.3. The molecule has 4 nitrogen and oxygen atoms in total. The number of para-hydroxylation sites is 1. The monoisotopic (exact) mass is 290 g/mol. The number of hydrogen-bond donors (Lipinski definition) is 0. The second-order valence-corrected chi connectivity index (χ2v) is 4.84. The Labute approximate surface area is 118 Å². The second-order valence-electron chi connectivity index (χ2n) is 3.95. The minimum Gasteiger partial charge on any atom is -0.487 e. The zero-order valence-electron chi connectivity index (χ0n) is 10.5. The van der Waals surface area contributed by atoms with Gasteiger partial charge in [-0.15, -0.1) is 11.3 Å². The summed E-state index contributed by atoms with van der Waals surface area (Å²) in [5.74, 6) is 0.364. The van der Waals surface area contributed by atoms with E-state index >= 15 is 0 Å². The van der Waals surface area contributed by atoms with Crippen molar-refractivity contribution in [3.05, 3.63) is 47.9 Å². The first-order valence-corrected chi connectivity index (χ1v) is 6.91. The van der Waals surface area contributed by atoms with E-state index in [0.29, 0.717) is 5.88 Å². The van der Waals surface area contributed by atoms with Crippen LogP contribution in [0, 0.1) is 5.82 Å². The van der Waals surface area contributed by atoms with Gasteiger partial charge in [-0.1, -0.05) is 12.1 Å². The highest BCUT2D eigenvalue weighted by Gasteiger charge is 2.06. The number of fused-ring (bicyclic) bond motifs is 1. The SMILES string of the molecule is Fc1ccccc1OCCOc1ncnc2sccc12. The molecule has 0 fully saturated rings. The average molecular weight is 290 g/mol. The van der Waals surface area contributed by atoms with Gasteiger partial charge in [0, 0.05) is 0 Å². The van der Waals surface area contributed by atoms with E-state index in [1.807, 2.05) is 11.4 Å². The Bertz CT molecular complexity index is 717. The Morgan fingerprint density at radius 2 is 1.90 bits per heavy atom. The highest BCUT2D eigenvalue weighted by Crippen LogP contribution is 2.25. The third kappa shape index (κ3) is 2.70. The second kappa shape index (κ2) is 5.83. The number of rotatable bonds is 5. The van der Waals surface area contributed by atoms with Gasteiger partial charge in [0.15, 0.2) is 11.6 Å². The van der Waals surface area contributed by atoms with E-state index in [4.69, 9.17) is 9.47 Å². The highest BCUT2D eigenvalue weighted by molar-refractivity contribution is 7.16. The molecule has 1 aromatic carbocycles. The first-order valence-electron chi connectivity index (χ1n) is 6.03. The fourth-order valence-electron chi connectivity index (χ4n) is 1.73. The Balaban J connectivity index is 1.58. The van der Waals surface area contributed by atoms with Crippen LogP contribution in [0.4, 0.5) is 4.39 Å². The van der Waals surface area contributed by atoms with Crippen LogP contribution in [0.1, 0.15) is 0 Å². The van der Waals surface area contributed by atoms with Crippen molar-refractivity contribution in [3.8, 4) is 11.6 Å². The first-order chi connectivity index (χ1) is 9.84. The molecule has 0 unspecified atom stereocenters. The number of halogens is 1. The minimum atomic E-state index is -0.380. The van der Waals surface area contributed by atoms with Gasteiger partial charge in [-0.25, -0.2) is 14.4 Å². The zero-order chi connectivity index (χ0) is 13.8. The van der Waals surface area contributed by atoms with Crippen LogP contribution in [0.25, 0.3) is 10.2 Å². The van der Waals surface area contributed by atoms with Gasteiger partial charge in [-0.05, 0) is 23.6 Å². The molecule has 20 heavy (non-hydrogen) atoms. The number of nitrogens with zero attached hydrogens (tertiary/aromatic N) is 2.